The molecule has 1 saturated heterocycles. The van der Waals surface area contributed by atoms with Crippen molar-refractivity contribution in [3.8, 4) is 11.8 Å². The van der Waals surface area contributed by atoms with E-state index in [9.17, 15) is 5.26 Å². The molecule has 5 nitrogen and oxygen atoms in total. The molecule has 0 radical (unpaired) electrons. The van der Waals surface area contributed by atoms with Crippen LogP contribution in [0.4, 0.5) is 17.1 Å². The van der Waals surface area contributed by atoms with Gasteiger partial charge in [-0.3, -0.25) is 0 Å². The first kappa shape index (κ1) is 16.7. The molecular formula is C21H24N4O. The van der Waals surface area contributed by atoms with Crippen LogP contribution in [0.1, 0.15) is 29.0 Å². The number of likely N-dealkylation sites (N-methyl/N-ethyl adjacent to an activating group) is 1. The Morgan fingerprint density at radius 2 is 2.15 bits per heavy atom. The van der Waals surface area contributed by atoms with Crippen LogP contribution in [0.25, 0.3) is 0 Å². The number of hydrogen-bond donors (Lipinski definition) is 2. The van der Waals surface area contributed by atoms with Gasteiger partial charge in [-0.1, -0.05) is 0 Å². The molecule has 2 atom stereocenters. The van der Waals surface area contributed by atoms with Crippen LogP contribution in [0.2, 0.25) is 0 Å². The standard InChI is InChI=1S/C21H24N4O/c1-13-8-16(26-3)4-5-19(13)24-15-9-14(11-22)21-17(10-15)18-12-23-7-6-20(18)25(21)2/h4-5,8-10,18,20,23-24H,6-7,12H2,1-3H3/t18-,20-/m0/s1. The molecule has 26 heavy (non-hydrogen) atoms. The second-order valence-electron chi connectivity index (χ2n) is 7.16. The molecule has 2 aliphatic rings. The zero-order chi connectivity index (χ0) is 18.3. The van der Waals surface area contributed by atoms with Crippen LogP contribution in [0.3, 0.4) is 0 Å². The molecule has 4 rings (SSSR count). The Bertz CT molecular complexity index is 886. The molecule has 0 spiro atoms. The van der Waals surface area contributed by atoms with Gasteiger partial charge in [0.05, 0.1) is 18.4 Å². The molecule has 0 bridgehead atoms. The number of aryl methyl sites for hydroxylation is 1. The van der Waals surface area contributed by atoms with Gasteiger partial charge >= 0.3 is 0 Å². The zero-order valence-electron chi connectivity index (χ0n) is 15.5. The fraction of sp³-hybridized carbons (Fsp3) is 0.381. The van der Waals surface area contributed by atoms with Gasteiger partial charge in [0.2, 0.25) is 0 Å². The van der Waals surface area contributed by atoms with Crippen molar-refractivity contribution < 1.29 is 4.74 Å². The average molecular weight is 348 g/mol. The number of piperidine rings is 1. The molecule has 0 amide bonds. The van der Waals surface area contributed by atoms with Crippen LogP contribution in [-0.2, 0) is 0 Å². The molecule has 0 aliphatic carbocycles. The highest BCUT2D eigenvalue weighted by atomic mass is 16.5. The Balaban J connectivity index is 1.73. The van der Waals surface area contributed by atoms with Crippen molar-refractivity contribution in [3.05, 3.63) is 47.0 Å². The number of ether oxygens (including phenoxy) is 1. The highest BCUT2D eigenvalue weighted by Gasteiger charge is 2.39. The highest BCUT2D eigenvalue weighted by Crippen LogP contribution is 2.45. The minimum Gasteiger partial charge on any atom is -0.497 e. The molecule has 2 N–H and O–H groups in total. The fourth-order valence-electron chi connectivity index (χ4n) is 4.34. The van der Waals surface area contributed by atoms with Crippen LogP contribution >= 0.6 is 0 Å². The number of benzene rings is 2. The summed E-state index contributed by atoms with van der Waals surface area (Å²) in [5.74, 6) is 1.28. The van der Waals surface area contributed by atoms with Crippen molar-refractivity contribution in [2.24, 2.45) is 0 Å². The lowest BCUT2D eigenvalue weighted by Crippen LogP contribution is -2.42. The van der Waals surface area contributed by atoms with Crippen LogP contribution in [0, 0.1) is 18.3 Å². The van der Waals surface area contributed by atoms with E-state index in [1.807, 2.05) is 24.3 Å². The predicted octanol–water partition coefficient (Wildman–Crippen LogP) is 3.51. The number of hydrogen-bond acceptors (Lipinski definition) is 5. The number of anilines is 3. The normalized spacial score (nSPS) is 20.9. The van der Waals surface area contributed by atoms with E-state index in [4.69, 9.17) is 4.74 Å². The summed E-state index contributed by atoms with van der Waals surface area (Å²) >= 11 is 0. The molecule has 2 aliphatic heterocycles. The molecule has 1 fully saturated rings. The van der Waals surface area contributed by atoms with Crippen molar-refractivity contribution in [2.75, 3.05) is 37.5 Å². The van der Waals surface area contributed by atoms with E-state index in [1.165, 1.54) is 5.56 Å². The van der Waals surface area contributed by atoms with Crippen molar-refractivity contribution >= 4 is 17.1 Å². The average Bonchev–Trinajstić information content (AvgIpc) is 2.96. The number of nitrogens with zero attached hydrogens (tertiary/aromatic N) is 2. The van der Waals surface area contributed by atoms with Crippen molar-refractivity contribution in [1.82, 2.24) is 5.32 Å². The van der Waals surface area contributed by atoms with Crippen LogP contribution < -0.4 is 20.3 Å². The van der Waals surface area contributed by atoms with E-state index in [-0.39, 0.29) is 0 Å². The number of nitriles is 1. The number of methoxy groups -OCH3 is 1. The summed E-state index contributed by atoms with van der Waals surface area (Å²) in [4.78, 5) is 2.31. The largest absolute Gasteiger partial charge is 0.497 e. The maximum absolute atomic E-state index is 9.73. The molecular weight excluding hydrogens is 324 g/mol. The van der Waals surface area contributed by atoms with Gasteiger partial charge in [-0.2, -0.15) is 5.26 Å². The molecule has 0 aromatic heterocycles. The lowest BCUT2D eigenvalue weighted by atomic mass is 9.89. The molecule has 0 saturated carbocycles. The maximum atomic E-state index is 9.73. The number of nitrogens with one attached hydrogen (secondary N) is 2. The van der Waals surface area contributed by atoms with Gasteiger partial charge in [-0.25, -0.2) is 0 Å². The molecule has 5 heteroatoms. The second-order valence-corrected chi connectivity index (χ2v) is 7.16. The predicted molar refractivity (Wildman–Crippen MR) is 105 cm³/mol. The van der Waals surface area contributed by atoms with Crippen LogP contribution in [0.15, 0.2) is 30.3 Å². The van der Waals surface area contributed by atoms with Crippen molar-refractivity contribution in [2.45, 2.75) is 25.3 Å². The molecule has 2 heterocycles. The number of rotatable bonds is 3. The van der Waals surface area contributed by atoms with Gasteiger partial charge in [0.25, 0.3) is 0 Å². The van der Waals surface area contributed by atoms with E-state index in [1.54, 1.807) is 7.11 Å². The van der Waals surface area contributed by atoms with Gasteiger partial charge in [0.15, 0.2) is 0 Å². The minimum absolute atomic E-state index is 0.439. The molecule has 134 valence electrons. The topological polar surface area (TPSA) is 60.3 Å². The summed E-state index contributed by atoms with van der Waals surface area (Å²) in [6.07, 6.45) is 1.11. The highest BCUT2D eigenvalue weighted by molar-refractivity contribution is 5.77. The van der Waals surface area contributed by atoms with Crippen LogP contribution in [0.5, 0.6) is 5.75 Å². The van der Waals surface area contributed by atoms with Crippen molar-refractivity contribution in [1.29, 1.82) is 5.26 Å². The first-order chi connectivity index (χ1) is 12.6. The van der Waals surface area contributed by atoms with E-state index in [0.29, 0.717) is 12.0 Å². The second kappa shape index (κ2) is 6.54. The maximum Gasteiger partial charge on any atom is 0.119 e. The van der Waals surface area contributed by atoms with E-state index < -0.39 is 0 Å². The first-order valence-corrected chi connectivity index (χ1v) is 9.05. The zero-order valence-corrected chi connectivity index (χ0v) is 15.5. The van der Waals surface area contributed by atoms with Gasteiger partial charge < -0.3 is 20.3 Å². The van der Waals surface area contributed by atoms with Gasteiger partial charge in [0, 0.05) is 36.9 Å². The quantitative estimate of drug-likeness (QED) is 0.889. The Morgan fingerprint density at radius 3 is 2.88 bits per heavy atom. The van der Waals surface area contributed by atoms with Gasteiger partial charge in [0.1, 0.15) is 11.8 Å². The fourth-order valence-corrected chi connectivity index (χ4v) is 4.34. The SMILES string of the molecule is COc1ccc(Nc2cc(C#N)c3c(c2)[C@@H]2CNCC[C@@H]2N3C)c(C)c1. The Morgan fingerprint density at radius 1 is 1.31 bits per heavy atom. The van der Waals surface area contributed by atoms with Crippen molar-refractivity contribution in [3.63, 3.8) is 0 Å². The third-order valence-corrected chi connectivity index (χ3v) is 5.67. The Kier molecular flexibility index (Phi) is 4.21. The Hall–Kier alpha value is -2.71. The van der Waals surface area contributed by atoms with E-state index >= 15 is 0 Å². The van der Waals surface area contributed by atoms with E-state index in [0.717, 1.165) is 53.4 Å². The monoisotopic (exact) mass is 348 g/mol. The number of fused-ring (bicyclic) bond motifs is 3. The molecule has 2 aromatic rings. The summed E-state index contributed by atoms with van der Waals surface area (Å²) in [5.41, 5.74) is 6.22. The van der Waals surface area contributed by atoms with Gasteiger partial charge in [-0.05, 0) is 61.3 Å². The summed E-state index contributed by atoms with van der Waals surface area (Å²) < 4.78 is 5.28. The molecule has 2 aromatic carbocycles. The summed E-state index contributed by atoms with van der Waals surface area (Å²) in [5, 5.41) is 16.7. The van der Waals surface area contributed by atoms with Gasteiger partial charge in [-0.15, -0.1) is 0 Å². The van der Waals surface area contributed by atoms with E-state index in [2.05, 4.69) is 41.6 Å². The third-order valence-electron chi connectivity index (χ3n) is 5.67. The summed E-state index contributed by atoms with van der Waals surface area (Å²) in [6.45, 7) is 4.06. The molecule has 0 unspecified atom stereocenters. The summed E-state index contributed by atoms with van der Waals surface area (Å²) in [7, 11) is 3.79. The Labute approximate surface area is 154 Å². The lowest BCUT2D eigenvalue weighted by molar-refractivity contribution is 0.413. The minimum atomic E-state index is 0.439. The van der Waals surface area contributed by atoms with Crippen LogP contribution in [-0.4, -0.2) is 33.3 Å². The smallest absolute Gasteiger partial charge is 0.119 e. The third kappa shape index (κ3) is 2.67. The first-order valence-electron chi connectivity index (χ1n) is 9.05. The summed E-state index contributed by atoms with van der Waals surface area (Å²) in [6, 6.07) is 13.0. The lowest BCUT2D eigenvalue weighted by Gasteiger charge is -2.31.